The molecule has 3 heterocycles. The van der Waals surface area contributed by atoms with Crippen molar-refractivity contribution in [2.24, 2.45) is 0 Å². The third-order valence-corrected chi connectivity index (χ3v) is 6.21. The minimum atomic E-state index is -3.48. The molecular formula is C22H21N5O5S. The minimum Gasteiger partial charge on any atom is -0.339 e. The summed E-state index contributed by atoms with van der Waals surface area (Å²) in [4.78, 5) is 21.6. The van der Waals surface area contributed by atoms with Crippen LogP contribution in [0.4, 0.5) is 5.69 Å². The molecule has 1 aliphatic rings. The number of pyridine rings is 1. The quantitative estimate of drug-likeness (QED) is 0.428. The lowest BCUT2D eigenvalue weighted by Crippen LogP contribution is -2.31. The number of hydrogen-bond donors (Lipinski definition) is 1. The second kappa shape index (κ2) is 8.09. The van der Waals surface area contributed by atoms with Gasteiger partial charge in [-0.05, 0) is 43.5 Å². The molecule has 170 valence electrons. The van der Waals surface area contributed by atoms with E-state index in [1.807, 2.05) is 37.3 Å². The molecule has 4 aromatic rings. The first-order valence-corrected chi connectivity index (χ1v) is 12.1. The van der Waals surface area contributed by atoms with Gasteiger partial charge < -0.3 is 9.84 Å². The Bertz CT molecular complexity index is 1450. The molecule has 33 heavy (non-hydrogen) atoms. The SMILES string of the molecule is Cc1ccc(-c2noc([C@H]3C[C@@H](OS(C)(=O)=O)C3)n2)cc1NC(=O)c1cnc2ccccn12. The summed E-state index contributed by atoms with van der Waals surface area (Å²) in [5.74, 6) is 0.505. The first-order valence-electron chi connectivity index (χ1n) is 10.3. The number of nitrogens with one attached hydrogen (secondary N) is 1. The van der Waals surface area contributed by atoms with Gasteiger partial charge in [0.25, 0.3) is 16.0 Å². The van der Waals surface area contributed by atoms with E-state index in [0.717, 1.165) is 11.8 Å². The minimum absolute atomic E-state index is 0.0437. The van der Waals surface area contributed by atoms with E-state index in [4.69, 9.17) is 8.71 Å². The van der Waals surface area contributed by atoms with Gasteiger partial charge in [-0.3, -0.25) is 13.4 Å². The van der Waals surface area contributed by atoms with Gasteiger partial charge in [-0.1, -0.05) is 23.4 Å². The fraction of sp³-hybridized carbons (Fsp3) is 0.273. The zero-order valence-electron chi connectivity index (χ0n) is 17.9. The number of carbonyl (C=O) groups excluding carboxylic acids is 1. The molecular weight excluding hydrogens is 446 g/mol. The number of imidazole rings is 1. The number of nitrogens with zero attached hydrogens (tertiary/aromatic N) is 4. The molecule has 11 heteroatoms. The van der Waals surface area contributed by atoms with Gasteiger partial charge in [0.1, 0.15) is 11.3 Å². The fourth-order valence-corrected chi connectivity index (χ4v) is 4.45. The molecule has 3 aromatic heterocycles. The number of hydrogen-bond acceptors (Lipinski definition) is 8. The highest BCUT2D eigenvalue weighted by Crippen LogP contribution is 2.39. The van der Waals surface area contributed by atoms with Crippen LogP contribution in [0.2, 0.25) is 0 Å². The van der Waals surface area contributed by atoms with Crippen molar-refractivity contribution in [3.8, 4) is 11.4 Å². The van der Waals surface area contributed by atoms with Crippen molar-refractivity contribution in [2.75, 3.05) is 11.6 Å². The van der Waals surface area contributed by atoms with E-state index < -0.39 is 10.1 Å². The molecule has 10 nitrogen and oxygen atoms in total. The summed E-state index contributed by atoms with van der Waals surface area (Å²) in [6, 6.07) is 11.0. The van der Waals surface area contributed by atoms with E-state index in [1.54, 1.807) is 16.7 Å². The van der Waals surface area contributed by atoms with Gasteiger partial charge in [0.15, 0.2) is 0 Å². The topological polar surface area (TPSA) is 129 Å². The average molecular weight is 468 g/mol. The summed E-state index contributed by atoms with van der Waals surface area (Å²) in [7, 11) is -3.48. The van der Waals surface area contributed by atoms with Gasteiger partial charge in [0.05, 0.1) is 18.6 Å². The fourth-order valence-electron chi connectivity index (χ4n) is 3.79. The van der Waals surface area contributed by atoms with Gasteiger partial charge in [-0.15, -0.1) is 0 Å². The molecule has 0 spiro atoms. The Labute approximate surface area is 189 Å². The molecule has 0 saturated heterocycles. The Morgan fingerprint density at radius 3 is 2.85 bits per heavy atom. The molecule has 1 aliphatic carbocycles. The van der Waals surface area contributed by atoms with Crippen molar-refractivity contribution in [1.29, 1.82) is 0 Å². The Balaban J connectivity index is 1.32. The number of aromatic nitrogens is 4. The van der Waals surface area contributed by atoms with Gasteiger partial charge in [-0.25, -0.2) is 4.98 Å². The number of carbonyl (C=O) groups is 1. The highest BCUT2D eigenvalue weighted by Gasteiger charge is 2.37. The summed E-state index contributed by atoms with van der Waals surface area (Å²) in [5, 5.41) is 6.99. The lowest BCUT2D eigenvalue weighted by molar-refractivity contribution is 0.0918. The number of anilines is 1. The monoisotopic (exact) mass is 467 g/mol. The van der Waals surface area contributed by atoms with Crippen LogP contribution in [0.3, 0.4) is 0 Å². The van der Waals surface area contributed by atoms with Crippen molar-refractivity contribution in [1.82, 2.24) is 19.5 Å². The number of aryl methyl sites for hydroxylation is 1. The van der Waals surface area contributed by atoms with E-state index in [1.165, 1.54) is 6.20 Å². The maximum Gasteiger partial charge on any atom is 0.274 e. The van der Waals surface area contributed by atoms with Crippen LogP contribution in [0, 0.1) is 6.92 Å². The van der Waals surface area contributed by atoms with E-state index in [-0.39, 0.29) is 17.9 Å². The highest BCUT2D eigenvalue weighted by molar-refractivity contribution is 7.86. The number of benzene rings is 1. The molecule has 5 rings (SSSR count). The van der Waals surface area contributed by atoms with Crippen LogP contribution >= 0.6 is 0 Å². The molecule has 1 aromatic carbocycles. The van der Waals surface area contributed by atoms with Crippen molar-refractivity contribution in [3.05, 3.63) is 65.9 Å². The smallest absolute Gasteiger partial charge is 0.274 e. The predicted octanol–water partition coefficient (Wildman–Crippen LogP) is 3.17. The highest BCUT2D eigenvalue weighted by atomic mass is 32.2. The van der Waals surface area contributed by atoms with Crippen molar-refractivity contribution < 1.29 is 21.9 Å². The van der Waals surface area contributed by atoms with Gasteiger partial charge >= 0.3 is 0 Å². The number of rotatable bonds is 6. The summed E-state index contributed by atoms with van der Waals surface area (Å²) in [5.41, 5.74) is 3.30. The van der Waals surface area contributed by atoms with E-state index in [2.05, 4.69) is 20.4 Å². The van der Waals surface area contributed by atoms with Gasteiger partial charge in [-0.2, -0.15) is 13.4 Å². The molecule has 1 fully saturated rings. The normalized spacial score (nSPS) is 18.2. The maximum absolute atomic E-state index is 12.9. The Morgan fingerprint density at radius 1 is 1.24 bits per heavy atom. The van der Waals surface area contributed by atoms with Crippen molar-refractivity contribution in [3.63, 3.8) is 0 Å². The first-order chi connectivity index (χ1) is 15.8. The first kappa shape index (κ1) is 21.3. The summed E-state index contributed by atoms with van der Waals surface area (Å²) >= 11 is 0. The molecule has 1 saturated carbocycles. The van der Waals surface area contributed by atoms with Crippen LogP contribution in [0.5, 0.6) is 0 Å². The summed E-state index contributed by atoms with van der Waals surface area (Å²) in [6.07, 6.45) is 5.00. The van der Waals surface area contributed by atoms with Crippen molar-refractivity contribution in [2.45, 2.75) is 31.8 Å². The largest absolute Gasteiger partial charge is 0.339 e. The molecule has 0 atom stereocenters. The van der Waals surface area contributed by atoms with Crippen LogP contribution in [0.1, 0.15) is 40.7 Å². The van der Waals surface area contributed by atoms with E-state index in [0.29, 0.717) is 47.1 Å². The number of fused-ring (bicyclic) bond motifs is 1. The second-order valence-electron chi connectivity index (χ2n) is 8.10. The van der Waals surface area contributed by atoms with Gasteiger partial charge in [0.2, 0.25) is 11.7 Å². The lowest BCUT2D eigenvalue weighted by Gasteiger charge is -2.31. The predicted molar refractivity (Wildman–Crippen MR) is 119 cm³/mol. The molecule has 0 radical (unpaired) electrons. The third-order valence-electron chi connectivity index (χ3n) is 5.59. The molecule has 1 N–H and O–H groups in total. The van der Waals surface area contributed by atoms with Crippen LogP contribution in [-0.4, -0.2) is 46.2 Å². The van der Waals surface area contributed by atoms with Crippen LogP contribution in [0.25, 0.3) is 17.0 Å². The van der Waals surface area contributed by atoms with Gasteiger partial charge in [0, 0.05) is 23.4 Å². The molecule has 0 aliphatic heterocycles. The Kier molecular flexibility index (Phi) is 5.22. The summed E-state index contributed by atoms with van der Waals surface area (Å²) in [6.45, 7) is 1.89. The molecule has 0 unspecified atom stereocenters. The van der Waals surface area contributed by atoms with E-state index >= 15 is 0 Å². The van der Waals surface area contributed by atoms with Crippen LogP contribution in [-0.2, 0) is 14.3 Å². The standard InChI is InChI=1S/C22H21N5O5S/c1-13-6-7-14(20-25-22(31-26-20)15-9-16(10-15)32-33(2,29)30)11-17(13)24-21(28)18-12-23-19-5-3-4-8-27(18)19/h3-8,11-12,15-16H,9-10H2,1-2H3,(H,24,28)/t15-,16+. The zero-order chi connectivity index (χ0) is 23.2. The molecule has 0 bridgehead atoms. The van der Waals surface area contributed by atoms with Crippen molar-refractivity contribution >= 4 is 27.4 Å². The van der Waals surface area contributed by atoms with Crippen LogP contribution in [0.15, 0.2) is 53.3 Å². The Morgan fingerprint density at radius 2 is 2.06 bits per heavy atom. The maximum atomic E-state index is 12.9. The Hall–Kier alpha value is -3.57. The molecule has 1 amide bonds. The third kappa shape index (κ3) is 4.37. The van der Waals surface area contributed by atoms with Crippen LogP contribution < -0.4 is 5.32 Å². The lowest BCUT2D eigenvalue weighted by atomic mass is 9.82. The zero-order valence-corrected chi connectivity index (χ0v) is 18.7. The number of amides is 1. The average Bonchev–Trinajstić information content (AvgIpc) is 3.38. The van der Waals surface area contributed by atoms with E-state index in [9.17, 15) is 13.2 Å². The summed E-state index contributed by atoms with van der Waals surface area (Å²) < 4.78 is 34.6. The second-order valence-corrected chi connectivity index (χ2v) is 9.70.